The summed E-state index contributed by atoms with van der Waals surface area (Å²) >= 11 is 0. The predicted molar refractivity (Wildman–Crippen MR) is 101 cm³/mol. The Hall–Kier alpha value is -1.81. The van der Waals surface area contributed by atoms with Crippen LogP contribution in [0.4, 0.5) is 0 Å². The van der Waals surface area contributed by atoms with Crippen LogP contribution in [0.15, 0.2) is 29.4 Å². The van der Waals surface area contributed by atoms with Gasteiger partial charge in [-0.1, -0.05) is 62.2 Å². The molecule has 0 amide bonds. The van der Waals surface area contributed by atoms with Gasteiger partial charge in [0.05, 0.1) is 6.61 Å². The Morgan fingerprint density at radius 2 is 1.62 bits per heavy atom. The molecule has 0 spiro atoms. The number of fused-ring (bicyclic) bond motifs is 1. The van der Waals surface area contributed by atoms with Crippen LogP contribution in [-0.4, -0.2) is 19.1 Å². The Labute approximate surface area is 155 Å². The molecule has 1 aliphatic heterocycles. The van der Waals surface area contributed by atoms with Crippen LogP contribution in [-0.2, 0) is 9.05 Å². The number of benzene rings is 1. The van der Waals surface area contributed by atoms with E-state index in [1.165, 1.54) is 32.1 Å². The molecular formula is C18H26N3O4P. The Kier molecular flexibility index (Phi) is 9.88. The molecule has 0 aromatic heterocycles. The van der Waals surface area contributed by atoms with Gasteiger partial charge in [0.1, 0.15) is 11.3 Å². The van der Waals surface area contributed by atoms with Crippen molar-refractivity contribution in [3.8, 4) is 5.75 Å². The molecule has 1 atom stereocenters. The first-order valence-corrected chi connectivity index (χ1v) is 10.3. The fourth-order valence-electron chi connectivity index (χ4n) is 2.69. The molecule has 8 heteroatoms. The zero-order valence-electron chi connectivity index (χ0n) is 15.0. The van der Waals surface area contributed by atoms with Gasteiger partial charge in [0.15, 0.2) is 0 Å². The van der Waals surface area contributed by atoms with Crippen molar-refractivity contribution in [2.75, 3.05) is 13.2 Å². The monoisotopic (exact) mass is 379 g/mol. The lowest BCUT2D eigenvalue weighted by Gasteiger charge is -2.22. The zero-order chi connectivity index (χ0) is 18.5. The van der Waals surface area contributed by atoms with Crippen LogP contribution < -0.4 is 4.52 Å². The summed E-state index contributed by atoms with van der Waals surface area (Å²) < 4.78 is 16.3. The van der Waals surface area contributed by atoms with Crippen molar-refractivity contribution in [1.82, 2.24) is 0 Å². The maximum atomic E-state index is 11.8. The lowest BCUT2D eigenvalue weighted by Crippen LogP contribution is -2.13. The topological polar surface area (TPSA) is 93.5 Å². The largest absolute Gasteiger partial charge is 0.465 e. The second-order valence-corrected chi connectivity index (χ2v) is 7.23. The predicted octanol–water partition coefficient (Wildman–Crippen LogP) is 6.30. The van der Waals surface area contributed by atoms with Gasteiger partial charge in [0.25, 0.3) is 0 Å². The second-order valence-electron chi connectivity index (χ2n) is 6.16. The maximum absolute atomic E-state index is 11.8. The van der Waals surface area contributed by atoms with Crippen molar-refractivity contribution in [2.45, 2.75) is 57.8 Å². The lowest BCUT2D eigenvalue weighted by atomic mass is 10.1. The van der Waals surface area contributed by atoms with Crippen molar-refractivity contribution in [3.63, 3.8) is 0 Å². The summed E-state index contributed by atoms with van der Waals surface area (Å²) in [4.78, 5) is 14.6. The van der Waals surface area contributed by atoms with Gasteiger partial charge in [-0.3, -0.25) is 4.52 Å². The average molecular weight is 379 g/mol. The highest BCUT2D eigenvalue weighted by molar-refractivity contribution is 7.43. The van der Waals surface area contributed by atoms with Crippen LogP contribution >= 0.6 is 8.60 Å². The van der Waals surface area contributed by atoms with Gasteiger partial charge in [-0.05, 0) is 30.5 Å². The van der Waals surface area contributed by atoms with E-state index >= 15 is 0 Å². The van der Waals surface area contributed by atoms with E-state index in [1.807, 2.05) is 6.07 Å². The zero-order valence-corrected chi connectivity index (χ0v) is 15.9. The Morgan fingerprint density at radius 1 is 0.962 bits per heavy atom. The molecule has 0 bridgehead atoms. The number of carbonyl (C=O) groups excluding carboxylic acids is 1. The number of hydrogen-bond donors (Lipinski definition) is 0. The van der Waals surface area contributed by atoms with E-state index < -0.39 is 8.60 Å². The smallest absolute Gasteiger partial charge is 0.417 e. The van der Waals surface area contributed by atoms with Crippen LogP contribution in [0, 0.1) is 0 Å². The number of carbonyl (C=O) groups is 1. The molecule has 0 N–H and O–H groups in total. The van der Waals surface area contributed by atoms with Crippen molar-refractivity contribution in [3.05, 3.63) is 40.3 Å². The van der Waals surface area contributed by atoms with Crippen LogP contribution in [0.25, 0.3) is 10.4 Å². The van der Waals surface area contributed by atoms with Gasteiger partial charge in [0.2, 0.25) is 0 Å². The summed E-state index contributed by atoms with van der Waals surface area (Å²) in [5.41, 5.74) is 8.63. The molecule has 26 heavy (non-hydrogen) atoms. The average Bonchev–Trinajstić information content (AvgIpc) is 2.65. The van der Waals surface area contributed by atoms with Crippen molar-refractivity contribution in [2.24, 2.45) is 5.11 Å². The van der Waals surface area contributed by atoms with Gasteiger partial charge >= 0.3 is 14.6 Å². The molecule has 0 radical (unpaired) electrons. The van der Waals surface area contributed by atoms with E-state index in [2.05, 4.69) is 10.0 Å². The minimum absolute atomic E-state index is 0.377. The molecule has 1 heterocycles. The van der Waals surface area contributed by atoms with Gasteiger partial charge in [0, 0.05) is 11.5 Å². The molecule has 142 valence electrons. The third-order valence-electron chi connectivity index (χ3n) is 4.10. The van der Waals surface area contributed by atoms with Gasteiger partial charge in [-0.2, -0.15) is 0 Å². The summed E-state index contributed by atoms with van der Waals surface area (Å²) in [6, 6.07) is 7.04. The molecule has 1 aromatic carbocycles. The van der Waals surface area contributed by atoms with E-state index in [9.17, 15) is 4.79 Å². The van der Waals surface area contributed by atoms with Crippen molar-refractivity contribution in [1.29, 1.82) is 0 Å². The summed E-state index contributed by atoms with van der Waals surface area (Å²) in [7, 11) is -1.62. The van der Waals surface area contributed by atoms with Gasteiger partial charge < -0.3 is 9.05 Å². The Balaban J connectivity index is 1.43. The lowest BCUT2D eigenvalue weighted by molar-refractivity contribution is 0.0671. The number of nitrogens with zero attached hydrogens (tertiary/aromatic N) is 3. The van der Waals surface area contributed by atoms with Crippen LogP contribution in [0.2, 0.25) is 0 Å². The molecular weight excluding hydrogens is 353 g/mol. The molecule has 1 unspecified atom stereocenters. The van der Waals surface area contributed by atoms with Crippen molar-refractivity contribution >= 4 is 14.6 Å². The highest BCUT2D eigenvalue weighted by atomic mass is 31.2. The number of azide groups is 1. The van der Waals surface area contributed by atoms with Crippen molar-refractivity contribution < 1.29 is 18.4 Å². The third kappa shape index (κ3) is 7.61. The number of hydrogen-bond acceptors (Lipinski definition) is 5. The van der Waals surface area contributed by atoms with Crippen LogP contribution in [0.1, 0.15) is 68.1 Å². The van der Waals surface area contributed by atoms with E-state index in [0.717, 1.165) is 25.7 Å². The minimum atomic E-state index is -1.62. The Morgan fingerprint density at radius 3 is 2.35 bits per heavy atom. The van der Waals surface area contributed by atoms with E-state index in [0.29, 0.717) is 24.5 Å². The first-order chi connectivity index (χ1) is 12.8. The summed E-state index contributed by atoms with van der Waals surface area (Å²) in [5, 5.41) is 3.53. The molecule has 0 fully saturated rings. The van der Waals surface area contributed by atoms with E-state index in [4.69, 9.17) is 19.1 Å². The molecule has 2 rings (SSSR count). The molecule has 1 aromatic rings. The summed E-state index contributed by atoms with van der Waals surface area (Å²) in [5.74, 6) is 0.159. The number of rotatable bonds is 13. The van der Waals surface area contributed by atoms with E-state index in [1.54, 1.807) is 18.2 Å². The minimum Gasteiger partial charge on any atom is -0.417 e. The fourth-order valence-corrected chi connectivity index (χ4v) is 3.66. The SMILES string of the molecule is [N-]=[N+]=NCCCCCCCCCCCOP1OC(=O)c2ccccc2O1. The fraction of sp³-hybridized carbons (Fsp3) is 0.611. The van der Waals surface area contributed by atoms with Crippen LogP contribution in [0.3, 0.4) is 0 Å². The summed E-state index contributed by atoms with van der Waals surface area (Å²) in [6.07, 6.45) is 10.3. The summed E-state index contributed by atoms with van der Waals surface area (Å²) in [6.45, 7) is 1.16. The highest BCUT2D eigenvalue weighted by Crippen LogP contribution is 2.46. The number of para-hydroxylation sites is 1. The second kappa shape index (κ2) is 12.5. The quantitative estimate of drug-likeness (QED) is 0.132. The van der Waals surface area contributed by atoms with E-state index in [-0.39, 0.29) is 5.97 Å². The molecule has 7 nitrogen and oxygen atoms in total. The first kappa shape index (κ1) is 20.5. The molecule has 0 saturated carbocycles. The van der Waals surface area contributed by atoms with Gasteiger partial charge in [-0.25, -0.2) is 4.79 Å². The normalized spacial score (nSPS) is 15.5. The number of unbranched alkanes of at least 4 members (excludes halogenated alkanes) is 8. The molecule has 1 aliphatic rings. The molecule has 0 saturated heterocycles. The maximum Gasteiger partial charge on any atom is 0.465 e. The Bertz CT molecular complexity index is 608. The van der Waals surface area contributed by atoms with Gasteiger partial charge in [-0.15, -0.1) is 0 Å². The van der Waals surface area contributed by atoms with Crippen LogP contribution in [0.5, 0.6) is 5.75 Å². The third-order valence-corrected chi connectivity index (χ3v) is 5.15. The first-order valence-electron chi connectivity index (χ1n) is 9.24. The standard InChI is InChI=1S/C18H26N3O4P/c19-21-20-14-10-6-4-2-1-3-5-7-11-15-23-26-24-17-13-9-8-12-16(17)18(22)25-26/h8-9,12-13H,1-7,10-11,14-15H2. The highest BCUT2D eigenvalue weighted by Gasteiger charge is 2.30. The molecule has 0 aliphatic carbocycles.